The summed E-state index contributed by atoms with van der Waals surface area (Å²) in [6, 6.07) is 19.4. The van der Waals surface area contributed by atoms with E-state index in [1.165, 1.54) is 11.7 Å². The smallest absolute Gasteiger partial charge is 0.275 e. The number of para-hydroxylation sites is 1. The van der Waals surface area contributed by atoms with Crippen molar-refractivity contribution in [1.29, 1.82) is 10.5 Å². The molecule has 0 bridgehead atoms. The number of methoxy groups -OCH3 is 1. The highest BCUT2D eigenvalue weighted by Crippen LogP contribution is 2.31. The fourth-order valence-electron chi connectivity index (χ4n) is 2.79. The molecule has 0 saturated carbocycles. The van der Waals surface area contributed by atoms with Crippen molar-refractivity contribution in [3.05, 3.63) is 76.1 Å². The number of nitrogens with zero attached hydrogens (tertiary/aromatic N) is 3. The van der Waals surface area contributed by atoms with E-state index in [9.17, 15) is 15.3 Å². The van der Waals surface area contributed by atoms with E-state index in [1.807, 2.05) is 12.1 Å². The number of nitriles is 2. The minimum Gasteiger partial charge on any atom is -0.497 e. The lowest BCUT2D eigenvalue weighted by atomic mass is 9.96. The highest BCUT2D eigenvalue weighted by atomic mass is 16.5. The first kappa shape index (κ1) is 16.8. The first-order valence-electron chi connectivity index (χ1n) is 7.71. The number of hydrogen-bond donors (Lipinski definition) is 1. The van der Waals surface area contributed by atoms with Gasteiger partial charge in [-0.25, -0.2) is 0 Å². The van der Waals surface area contributed by atoms with E-state index in [0.717, 1.165) is 0 Å². The van der Waals surface area contributed by atoms with Crippen LogP contribution in [0.2, 0.25) is 0 Å². The molecule has 3 rings (SSSR count). The largest absolute Gasteiger partial charge is 0.497 e. The van der Waals surface area contributed by atoms with Gasteiger partial charge >= 0.3 is 0 Å². The van der Waals surface area contributed by atoms with E-state index in [2.05, 4.69) is 0 Å². The summed E-state index contributed by atoms with van der Waals surface area (Å²) in [6.45, 7) is 0. The maximum atomic E-state index is 12.9. The molecule has 0 aliphatic heterocycles. The zero-order valence-electron chi connectivity index (χ0n) is 13.9. The van der Waals surface area contributed by atoms with Crippen LogP contribution in [0.5, 0.6) is 5.75 Å². The minimum atomic E-state index is -0.569. The Morgan fingerprint density at radius 3 is 2.12 bits per heavy atom. The maximum absolute atomic E-state index is 12.9. The predicted octanol–water partition coefficient (Wildman–Crippen LogP) is 2.84. The molecule has 0 fully saturated rings. The normalized spacial score (nSPS) is 9.96. The summed E-state index contributed by atoms with van der Waals surface area (Å²) >= 11 is 0. The molecule has 0 atom stereocenters. The topological polar surface area (TPSA) is 105 Å². The zero-order chi connectivity index (χ0) is 18.7. The van der Waals surface area contributed by atoms with Crippen LogP contribution in [-0.2, 0) is 0 Å². The fraction of sp³-hybridized carbons (Fsp3) is 0.0500. The third kappa shape index (κ3) is 2.66. The quantitative estimate of drug-likeness (QED) is 0.788. The molecular formula is C20H14N4O2. The van der Waals surface area contributed by atoms with Crippen LogP contribution in [0.4, 0.5) is 5.82 Å². The molecule has 2 N–H and O–H groups in total. The number of pyridine rings is 1. The van der Waals surface area contributed by atoms with Crippen LogP contribution in [-0.4, -0.2) is 11.7 Å². The fourth-order valence-corrected chi connectivity index (χ4v) is 2.79. The summed E-state index contributed by atoms with van der Waals surface area (Å²) in [7, 11) is 1.54. The molecule has 1 aromatic heterocycles. The van der Waals surface area contributed by atoms with Gasteiger partial charge in [-0.15, -0.1) is 0 Å². The lowest BCUT2D eigenvalue weighted by Crippen LogP contribution is -2.26. The highest BCUT2D eigenvalue weighted by Gasteiger charge is 2.22. The van der Waals surface area contributed by atoms with Gasteiger partial charge in [-0.2, -0.15) is 10.5 Å². The van der Waals surface area contributed by atoms with Crippen molar-refractivity contribution in [3.8, 4) is 34.7 Å². The average Bonchev–Trinajstić information content (AvgIpc) is 2.68. The van der Waals surface area contributed by atoms with Crippen molar-refractivity contribution < 1.29 is 4.74 Å². The molecule has 0 aliphatic carbocycles. The summed E-state index contributed by atoms with van der Waals surface area (Å²) in [5, 5.41) is 19.3. The number of ether oxygens (including phenoxy) is 1. The lowest BCUT2D eigenvalue weighted by molar-refractivity contribution is 0.415. The van der Waals surface area contributed by atoms with Crippen LogP contribution in [0.15, 0.2) is 59.4 Å². The number of aromatic nitrogens is 1. The number of hydrogen-bond acceptors (Lipinski definition) is 5. The molecule has 0 amide bonds. The van der Waals surface area contributed by atoms with E-state index >= 15 is 0 Å². The van der Waals surface area contributed by atoms with Crippen LogP contribution >= 0.6 is 0 Å². The van der Waals surface area contributed by atoms with Crippen molar-refractivity contribution in [2.45, 2.75) is 0 Å². The zero-order valence-corrected chi connectivity index (χ0v) is 13.9. The van der Waals surface area contributed by atoms with Crippen molar-refractivity contribution >= 4 is 5.82 Å². The molecule has 26 heavy (non-hydrogen) atoms. The molecule has 1 heterocycles. The standard InChI is InChI=1S/C20H14N4O2/c1-26-15-9-7-13(8-10-15)18-16(11-21)19(23)24(20(25)17(18)12-22)14-5-3-2-4-6-14/h2-10H,23H2,1H3. The van der Waals surface area contributed by atoms with Crippen LogP contribution in [0.3, 0.4) is 0 Å². The molecule has 0 aliphatic rings. The molecule has 0 saturated heterocycles. The Labute approximate surface area is 149 Å². The Hall–Kier alpha value is -4.03. The molecule has 126 valence electrons. The van der Waals surface area contributed by atoms with Gasteiger partial charge in [0, 0.05) is 5.56 Å². The molecule has 0 spiro atoms. The molecule has 6 nitrogen and oxygen atoms in total. The van der Waals surface area contributed by atoms with Crippen LogP contribution in [0.1, 0.15) is 11.1 Å². The van der Waals surface area contributed by atoms with Gasteiger partial charge in [0.05, 0.1) is 12.8 Å². The summed E-state index contributed by atoms with van der Waals surface area (Å²) in [5.41, 5.74) is 6.79. The van der Waals surface area contributed by atoms with E-state index in [4.69, 9.17) is 10.5 Å². The van der Waals surface area contributed by atoms with Crippen molar-refractivity contribution in [1.82, 2.24) is 4.57 Å². The minimum absolute atomic E-state index is 0.00600. The van der Waals surface area contributed by atoms with Gasteiger partial charge in [-0.3, -0.25) is 9.36 Å². The van der Waals surface area contributed by atoms with Crippen LogP contribution < -0.4 is 16.0 Å². The summed E-state index contributed by atoms with van der Waals surface area (Å²) in [6.07, 6.45) is 0. The first-order chi connectivity index (χ1) is 12.6. The van der Waals surface area contributed by atoms with Gasteiger partial charge in [0.1, 0.15) is 34.8 Å². The summed E-state index contributed by atoms with van der Waals surface area (Å²) in [4.78, 5) is 12.9. The average molecular weight is 342 g/mol. The molecule has 0 radical (unpaired) electrons. The lowest BCUT2D eigenvalue weighted by Gasteiger charge is -2.16. The maximum Gasteiger partial charge on any atom is 0.275 e. The van der Waals surface area contributed by atoms with Gasteiger partial charge in [-0.05, 0) is 29.8 Å². The SMILES string of the molecule is COc1ccc(-c2c(C#N)c(N)n(-c3ccccc3)c(=O)c2C#N)cc1. The van der Waals surface area contributed by atoms with Crippen LogP contribution in [0, 0.1) is 22.7 Å². The molecule has 3 aromatic rings. The van der Waals surface area contributed by atoms with E-state index in [0.29, 0.717) is 17.0 Å². The summed E-state index contributed by atoms with van der Waals surface area (Å²) < 4.78 is 6.31. The Morgan fingerprint density at radius 1 is 0.962 bits per heavy atom. The molecule has 2 aromatic carbocycles. The second kappa shape index (κ2) is 6.84. The second-order valence-electron chi connectivity index (χ2n) is 5.44. The summed E-state index contributed by atoms with van der Waals surface area (Å²) in [5.74, 6) is 0.616. The Bertz CT molecular complexity index is 1100. The number of rotatable bonds is 3. The van der Waals surface area contributed by atoms with E-state index in [1.54, 1.807) is 54.6 Å². The van der Waals surface area contributed by atoms with E-state index in [-0.39, 0.29) is 22.5 Å². The highest BCUT2D eigenvalue weighted by molar-refractivity contribution is 5.81. The number of anilines is 1. The molecule has 6 heteroatoms. The second-order valence-corrected chi connectivity index (χ2v) is 5.44. The molecule has 0 unspecified atom stereocenters. The van der Waals surface area contributed by atoms with Crippen molar-refractivity contribution in [3.63, 3.8) is 0 Å². The number of nitrogen functional groups attached to an aromatic ring is 1. The number of nitrogens with two attached hydrogens (primary N) is 1. The van der Waals surface area contributed by atoms with Crippen molar-refractivity contribution in [2.75, 3.05) is 12.8 Å². The van der Waals surface area contributed by atoms with Gasteiger partial charge < -0.3 is 10.5 Å². The Kier molecular flexibility index (Phi) is 4.42. The first-order valence-corrected chi connectivity index (χ1v) is 7.71. The Morgan fingerprint density at radius 2 is 1.58 bits per heavy atom. The molecular weight excluding hydrogens is 328 g/mol. The van der Waals surface area contributed by atoms with Crippen LogP contribution in [0.25, 0.3) is 16.8 Å². The third-order valence-corrected chi connectivity index (χ3v) is 4.03. The van der Waals surface area contributed by atoms with Gasteiger partial charge in [0.15, 0.2) is 0 Å². The van der Waals surface area contributed by atoms with Gasteiger partial charge in [-0.1, -0.05) is 30.3 Å². The van der Waals surface area contributed by atoms with Gasteiger partial charge in [0.25, 0.3) is 5.56 Å². The third-order valence-electron chi connectivity index (χ3n) is 4.03. The Balaban J connectivity index is 2.39. The van der Waals surface area contributed by atoms with Gasteiger partial charge in [0.2, 0.25) is 0 Å². The van der Waals surface area contributed by atoms with Crippen molar-refractivity contribution in [2.24, 2.45) is 0 Å². The van der Waals surface area contributed by atoms with E-state index < -0.39 is 5.56 Å². The number of benzene rings is 2. The predicted molar refractivity (Wildman–Crippen MR) is 97.9 cm³/mol. The monoisotopic (exact) mass is 342 g/mol.